The summed E-state index contributed by atoms with van der Waals surface area (Å²) >= 11 is 0. The summed E-state index contributed by atoms with van der Waals surface area (Å²) in [6.07, 6.45) is 6.48. The van der Waals surface area contributed by atoms with Crippen molar-refractivity contribution >= 4 is 41.5 Å². The number of phenols is 1. The molecule has 2 heterocycles. The lowest BCUT2D eigenvalue weighted by atomic mass is 10.1. The lowest BCUT2D eigenvalue weighted by Gasteiger charge is -2.26. The molecule has 11 nitrogen and oxygen atoms in total. The molecule has 0 saturated carbocycles. The largest absolute Gasteiger partial charge is 0.502 e. The predicted octanol–water partition coefficient (Wildman–Crippen LogP) is 4.72. The number of hydrazone groups is 1. The number of para-hydroxylation sites is 2. The molecule has 1 fully saturated rings. The van der Waals surface area contributed by atoms with E-state index >= 15 is 0 Å². The molecule has 180 valence electrons. The van der Waals surface area contributed by atoms with Gasteiger partial charge in [0, 0.05) is 30.4 Å². The summed E-state index contributed by atoms with van der Waals surface area (Å²) in [4.78, 5) is 26.1. The number of nitro groups is 1. The number of piperidine rings is 1. The van der Waals surface area contributed by atoms with Crippen LogP contribution in [0.3, 0.4) is 0 Å². The molecular weight excluding hydrogens is 448 g/mol. The fraction of sp³-hybridized carbons (Fsp3) is 0.250. The van der Waals surface area contributed by atoms with E-state index in [-0.39, 0.29) is 11.6 Å². The molecular formula is C24H26N8O3. The average Bonchev–Trinajstić information content (AvgIpc) is 2.86. The first kappa shape index (κ1) is 23.6. The second-order valence-corrected chi connectivity index (χ2v) is 8.05. The predicted molar refractivity (Wildman–Crippen MR) is 136 cm³/mol. The van der Waals surface area contributed by atoms with E-state index in [0.717, 1.165) is 31.6 Å². The Bertz CT molecular complexity index is 1240. The molecule has 0 bridgehead atoms. The fourth-order valence-electron chi connectivity index (χ4n) is 3.64. The number of phenolic OH excluding ortho intramolecular Hbond substituents is 1. The van der Waals surface area contributed by atoms with Crippen molar-refractivity contribution in [3.05, 3.63) is 69.8 Å². The number of hydrogen-bond donors (Lipinski definition) is 3. The molecule has 1 aliphatic heterocycles. The van der Waals surface area contributed by atoms with E-state index in [1.165, 1.54) is 24.8 Å². The third-order valence-corrected chi connectivity index (χ3v) is 5.35. The Labute approximate surface area is 202 Å². The van der Waals surface area contributed by atoms with Crippen LogP contribution < -0.4 is 15.6 Å². The van der Waals surface area contributed by atoms with Crippen LogP contribution in [-0.4, -0.2) is 44.3 Å². The first-order valence-electron chi connectivity index (χ1n) is 11.3. The zero-order valence-electron chi connectivity index (χ0n) is 19.3. The third kappa shape index (κ3) is 6.28. The highest BCUT2D eigenvalue weighted by atomic mass is 16.6. The van der Waals surface area contributed by atoms with Gasteiger partial charge in [-0.3, -0.25) is 10.1 Å². The maximum atomic E-state index is 11.0. The van der Waals surface area contributed by atoms with Crippen LogP contribution in [0.1, 0.15) is 31.7 Å². The number of allylic oxidation sites excluding steroid dienone is 1. The van der Waals surface area contributed by atoms with Gasteiger partial charge in [-0.25, -0.2) is 5.43 Å². The van der Waals surface area contributed by atoms with E-state index in [4.69, 9.17) is 0 Å². The SMILES string of the molecule is CC(/C=N\Nc1nc(Nc2ccccc2)nc(N2CCCCC2)n1)=C\c1cccc([N+](=O)[O-])c1O. The molecule has 4 rings (SSSR count). The van der Waals surface area contributed by atoms with Crippen molar-refractivity contribution < 1.29 is 10.0 Å². The summed E-state index contributed by atoms with van der Waals surface area (Å²) < 4.78 is 0. The second kappa shape index (κ2) is 11.1. The monoisotopic (exact) mass is 474 g/mol. The van der Waals surface area contributed by atoms with Gasteiger partial charge in [0.1, 0.15) is 0 Å². The Hall–Kier alpha value is -4.54. The van der Waals surface area contributed by atoms with Crippen molar-refractivity contribution in [3.63, 3.8) is 0 Å². The highest BCUT2D eigenvalue weighted by molar-refractivity contribution is 5.86. The Morgan fingerprint density at radius 1 is 1.06 bits per heavy atom. The van der Waals surface area contributed by atoms with Gasteiger partial charge in [-0.15, -0.1) is 0 Å². The minimum absolute atomic E-state index is 0.279. The molecule has 1 aliphatic rings. The normalized spacial score (nSPS) is 14.2. The first-order valence-corrected chi connectivity index (χ1v) is 11.3. The van der Waals surface area contributed by atoms with Gasteiger partial charge in [-0.1, -0.05) is 30.3 Å². The van der Waals surface area contributed by atoms with Gasteiger partial charge in [0.15, 0.2) is 0 Å². The lowest BCUT2D eigenvalue weighted by Crippen LogP contribution is -2.31. The van der Waals surface area contributed by atoms with Crippen LogP contribution in [0.5, 0.6) is 5.75 Å². The van der Waals surface area contributed by atoms with Crippen LogP contribution in [0.2, 0.25) is 0 Å². The number of hydrogen-bond acceptors (Lipinski definition) is 10. The number of aromatic hydroxyl groups is 1. The van der Waals surface area contributed by atoms with Crippen molar-refractivity contribution in [2.45, 2.75) is 26.2 Å². The smallest absolute Gasteiger partial charge is 0.311 e. The molecule has 0 aliphatic carbocycles. The molecule has 1 aromatic heterocycles. The summed E-state index contributed by atoms with van der Waals surface area (Å²) in [5.41, 5.74) is 4.32. The third-order valence-electron chi connectivity index (χ3n) is 5.35. The van der Waals surface area contributed by atoms with Crippen molar-refractivity contribution in [2.75, 3.05) is 28.7 Å². The van der Waals surface area contributed by atoms with Crippen LogP contribution in [0.15, 0.2) is 59.2 Å². The average molecular weight is 475 g/mol. The molecule has 0 unspecified atom stereocenters. The molecule has 35 heavy (non-hydrogen) atoms. The van der Waals surface area contributed by atoms with Crippen molar-refractivity contribution in [1.82, 2.24) is 15.0 Å². The van der Waals surface area contributed by atoms with Crippen LogP contribution >= 0.6 is 0 Å². The summed E-state index contributed by atoms with van der Waals surface area (Å²) in [7, 11) is 0. The minimum Gasteiger partial charge on any atom is -0.502 e. The van der Waals surface area contributed by atoms with E-state index in [1.54, 1.807) is 19.1 Å². The Morgan fingerprint density at radius 2 is 1.80 bits per heavy atom. The van der Waals surface area contributed by atoms with Gasteiger partial charge in [-0.05, 0) is 50.0 Å². The van der Waals surface area contributed by atoms with Crippen molar-refractivity contribution in [3.8, 4) is 5.75 Å². The van der Waals surface area contributed by atoms with Crippen molar-refractivity contribution in [1.29, 1.82) is 0 Å². The molecule has 11 heteroatoms. The molecule has 2 aromatic carbocycles. The van der Waals surface area contributed by atoms with E-state index in [1.807, 2.05) is 30.3 Å². The molecule has 1 saturated heterocycles. The topological polar surface area (TPSA) is 142 Å². The van der Waals surface area contributed by atoms with Gasteiger partial charge in [0.25, 0.3) is 0 Å². The van der Waals surface area contributed by atoms with Gasteiger partial charge in [0.2, 0.25) is 23.6 Å². The van der Waals surface area contributed by atoms with E-state index in [9.17, 15) is 15.2 Å². The molecule has 0 atom stereocenters. The lowest BCUT2D eigenvalue weighted by molar-refractivity contribution is -0.385. The highest BCUT2D eigenvalue weighted by Crippen LogP contribution is 2.30. The van der Waals surface area contributed by atoms with Crippen LogP contribution in [0.4, 0.5) is 29.2 Å². The number of nitrogens with zero attached hydrogens (tertiary/aromatic N) is 6. The number of aromatic nitrogens is 3. The maximum Gasteiger partial charge on any atom is 0.311 e. The number of anilines is 4. The number of nitrogens with one attached hydrogen (secondary N) is 2. The summed E-state index contributed by atoms with van der Waals surface area (Å²) in [6, 6.07) is 14.0. The standard InChI is InChI=1S/C24H26N8O3/c1-17(15-18-9-8-12-20(21(18)33)32(34)35)16-25-30-23-27-22(26-19-10-4-2-5-11-19)28-24(29-23)31-13-6-3-7-14-31/h2,4-5,8-12,15-16,33H,3,6-7,13-14H2,1H3,(H2,26,27,28,29,30)/b17-15+,25-16-. The second-order valence-electron chi connectivity index (χ2n) is 8.05. The maximum absolute atomic E-state index is 11.0. The molecule has 0 radical (unpaired) electrons. The summed E-state index contributed by atoms with van der Waals surface area (Å²) in [5.74, 6) is 0.864. The minimum atomic E-state index is -0.626. The highest BCUT2D eigenvalue weighted by Gasteiger charge is 2.17. The van der Waals surface area contributed by atoms with E-state index in [2.05, 4.69) is 35.7 Å². The van der Waals surface area contributed by atoms with Gasteiger partial charge in [-0.2, -0.15) is 20.1 Å². The number of nitro benzene ring substituents is 1. The summed E-state index contributed by atoms with van der Waals surface area (Å²) in [6.45, 7) is 3.52. The fourth-order valence-corrected chi connectivity index (χ4v) is 3.64. The van der Waals surface area contributed by atoms with E-state index < -0.39 is 10.7 Å². The van der Waals surface area contributed by atoms with Crippen LogP contribution in [0, 0.1) is 10.1 Å². The van der Waals surface area contributed by atoms with Gasteiger partial charge >= 0.3 is 5.69 Å². The Morgan fingerprint density at radius 3 is 2.54 bits per heavy atom. The van der Waals surface area contributed by atoms with Gasteiger partial charge in [0.05, 0.1) is 11.1 Å². The van der Waals surface area contributed by atoms with Crippen LogP contribution in [-0.2, 0) is 0 Å². The molecule has 3 aromatic rings. The van der Waals surface area contributed by atoms with E-state index in [0.29, 0.717) is 23.0 Å². The quantitative estimate of drug-likeness (QED) is 0.240. The van der Waals surface area contributed by atoms with Crippen LogP contribution in [0.25, 0.3) is 6.08 Å². The summed E-state index contributed by atoms with van der Waals surface area (Å²) in [5, 5.41) is 28.6. The molecule has 0 spiro atoms. The number of benzene rings is 2. The first-order chi connectivity index (χ1) is 17.0. The molecule has 0 amide bonds. The Balaban J connectivity index is 1.53. The number of rotatable bonds is 8. The zero-order chi connectivity index (χ0) is 24.6. The van der Waals surface area contributed by atoms with Gasteiger partial charge < -0.3 is 15.3 Å². The zero-order valence-corrected chi connectivity index (χ0v) is 19.3. The Kier molecular flexibility index (Phi) is 7.46. The molecule has 3 N–H and O–H groups in total. The van der Waals surface area contributed by atoms with Crippen molar-refractivity contribution in [2.24, 2.45) is 5.10 Å².